The molecule has 1 aromatic carbocycles. The summed E-state index contributed by atoms with van der Waals surface area (Å²) in [7, 11) is 1.52. The molecule has 356 valence electrons. The summed E-state index contributed by atoms with van der Waals surface area (Å²) in [6.45, 7) is 19.4. The number of ether oxygens (including phenoxy) is 3. The zero-order valence-electron chi connectivity index (χ0n) is 39.8. The van der Waals surface area contributed by atoms with Crippen LogP contribution in [0.4, 0.5) is 34.4 Å². The number of fused-ring (bicyclic) bond motifs is 4. The number of piperazine rings is 1. The summed E-state index contributed by atoms with van der Waals surface area (Å²) < 4.78 is 19.9. The molecule has 0 radical (unpaired) electrons. The molecule has 1 unspecified atom stereocenters. The maximum absolute atomic E-state index is 14.1. The van der Waals surface area contributed by atoms with Crippen LogP contribution in [0.3, 0.4) is 0 Å². The number of carbonyl (C=O) groups excluding carboxylic acids is 2. The van der Waals surface area contributed by atoms with Crippen molar-refractivity contribution in [2.75, 3.05) is 71.8 Å². The Morgan fingerprint density at radius 2 is 1.81 bits per heavy atom. The Morgan fingerprint density at radius 3 is 2.59 bits per heavy atom. The maximum Gasteiger partial charge on any atom is 0.276 e. The molecule has 0 bridgehead atoms. The second-order valence-corrected chi connectivity index (χ2v) is 19.6. The second kappa shape index (κ2) is 18.1. The van der Waals surface area contributed by atoms with Gasteiger partial charge in [0.1, 0.15) is 24.2 Å². The van der Waals surface area contributed by atoms with Crippen molar-refractivity contribution in [3.8, 4) is 28.8 Å². The zero-order valence-corrected chi connectivity index (χ0v) is 39.8. The SMILES string of the molecule is C=CC(=O)Nc1cc(Nc2nc(-c3ccnc(N4CCn5c(cc6c5CC(C)(C)C6)C4=O)c3CO)cnc2OC)ccc1N1CCN(C2CCN(c3ccnc4c3OC[C@@H](C)O4)[C@H](C)C2)C[C@@H]1C. The molecule has 4 aliphatic heterocycles. The number of rotatable bonds is 11. The lowest BCUT2D eigenvalue weighted by Gasteiger charge is -2.48. The van der Waals surface area contributed by atoms with Crippen LogP contribution in [-0.2, 0) is 30.8 Å². The minimum Gasteiger partial charge on any atom is -0.482 e. The maximum atomic E-state index is 14.1. The van der Waals surface area contributed by atoms with E-state index in [1.807, 2.05) is 43.5 Å². The van der Waals surface area contributed by atoms with Crippen LogP contribution >= 0.6 is 0 Å². The second-order valence-electron chi connectivity index (χ2n) is 19.6. The monoisotopic (exact) mass is 923 g/mol. The number of pyridine rings is 2. The van der Waals surface area contributed by atoms with Gasteiger partial charge in [0.15, 0.2) is 5.82 Å². The number of nitrogens with one attached hydrogen (secondary N) is 2. The van der Waals surface area contributed by atoms with E-state index in [0.29, 0.717) is 83.2 Å². The number of piperidine rings is 1. The van der Waals surface area contributed by atoms with Crippen LogP contribution in [0.2, 0.25) is 0 Å². The average Bonchev–Trinajstić information content (AvgIpc) is 3.83. The first-order valence-electron chi connectivity index (χ1n) is 23.8. The van der Waals surface area contributed by atoms with Crippen molar-refractivity contribution in [1.82, 2.24) is 29.4 Å². The molecule has 8 heterocycles. The molecule has 2 saturated heterocycles. The van der Waals surface area contributed by atoms with Crippen molar-refractivity contribution in [1.29, 1.82) is 0 Å². The lowest BCUT2D eigenvalue weighted by molar-refractivity contribution is -0.111. The first-order valence-corrected chi connectivity index (χ1v) is 23.8. The average molecular weight is 924 g/mol. The first kappa shape index (κ1) is 45.1. The van der Waals surface area contributed by atoms with Gasteiger partial charge < -0.3 is 44.3 Å². The molecule has 5 aliphatic rings. The number of nitrogens with zero attached hydrogens (tertiary/aromatic N) is 9. The Kier molecular flexibility index (Phi) is 12.0. The van der Waals surface area contributed by atoms with Gasteiger partial charge in [0.05, 0.1) is 42.7 Å². The summed E-state index contributed by atoms with van der Waals surface area (Å²) in [5.41, 5.74) is 8.02. The Balaban J connectivity index is 0.855. The zero-order chi connectivity index (χ0) is 47.4. The molecular formula is C51H61N11O6. The molecule has 0 saturated carbocycles. The summed E-state index contributed by atoms with van der Waals surface area (Å²) in [5.74, 6) is 1.81. The Labute approximate surface area is 397 Å². The minimum atomic E-state index is -0.372. The number of anilines is 6. The van der Waals surface area contributed by atoms with Gasteiger partial charge in [0, 0.05) is 92.3 Å². The molecule has 17 heteroatoms. The van der Waals surface area contributed by atoms with E-state index < -0.39 is 0 Å². The summed E-state index contributed by atoms with van der Waals surface area (Å²) in [4.78, 5) is 54.7. The van der Waals surface area contributed by atoms with Crippen molar-refractivity contribution in [3.63, 3.8) is 0 Å². The number of carbonyl (C=O) groups is 2. The van der Waals surface area contributed by atoms with Gasteiger partial charge in [-0.1, -0.05) is 20.4 Å². The van der Waals surface area contributed by atoms with E-state index in [0.717, 1.165) is 69.0 Å². The highest BCUT2D eigenvalue weighted by molar-refractivity contribution is 6.06. The van der Waals surface area contributed by atoms with Gasteiger partial charge >= 0.3 is 0 Å². The van der Waals surface area contributed by atoms with Gasteiger partial charge in [-0.3, -0.25) is 19.4 Å². The van der Waals surface area contributed by atoms with E-state index in [9.17, 15) is 14.7 Å². The Morgan fingerprint density at radius 1 is 0.985 bits per heavy atom. The van der Waals surface area contributed by atoms with Crippen molar-refractivity contribution >= 4 is 46.2 Å². The summed E-state index contributed by atoms with van der Waals surface area (Å²) in [5, 5.41) is 17.3. The lowest BCUT2D eigenvalue weighted by Crippen LogP contribution is -2.58. The highest BCUT2D eigenvalue weighted by Gasteiger charge is 2.39. The number of aliphatic hydroxyl groups excluding tert-OH is 1. The van der Waals surface area contributed by atoms with Crippen LogP contribution in [0.5, 0.6) is 17.5 Å². The van der Waals surface area contributed by atoms with E-state index in [-0.39, 0.29) is 41.9 Å². The normalized spacial score (nSPS) is 22.1. The van der Waals surface area contributed by atoms with Crippen molar-refractivity contribution in [2.24, 2.45) is 5.41 Å². The highest BCUT2D eigenvalue weighted by Crippen LogP contribution is 2.43. The van der Waals surface area contributed by atoms with E-state index in [1.165, 1.54) is 24.4 Å². The first-order chi connectivity index (χ1) is 32.8. The lowest BCUT2D eigenvalue weighted by atomic mass is 9.90. The number of amides is 2. The van der Waals surface area contributed by atoms with Crippen LogP contribution in [0.1, 0.15) is 74.8 Å². The third-order valence-electron chi connectivity index (χ3n) is 14.3. The molecule has 2 fully saturated rings. The van der Waals surface area contributed by atoms with E-state index in [4.69, 9.17) is 19.2 Å². The summed E-state index contributed by atoms with van der Waals surface area (Å²) in [6.07, 6.45) is 10.2. The number of methoxy groups -OCH3 is 1. The van der Waals surface area contributed by atoms with E-state index in [1.54, 1.807) is 23.4 Å². The predicted octanol–water partition coefficient (Wildman–Crippen LogP) is 6.62. The van der Waals surface area contributed by atoms with Crippen LogP contribution < -0.4 is 39.5 Å². The van der Waals surface area contributed by atoms with Crippen LogP contribution in [0, 0.1) is 5.41 Å². The molecule has 2 amide bonds. The molecule has 68 heavy (non-hydrogen) atoms. The van der Waals surface area contributed by atoms with Gasteiger partial charge in [0.2, 0.25) is 11.7 Å². The van der Waals surface area contributed by atoms with Crippen LogP contribution in [0.15, 0.2) is 67.6 Å². The molecule has 4 aromatic heterocycles. The van der Waals surface area contributed by atoms with Gasteiger partial charge in [0.25, 0.3) is 17.7 Å². The fourth-order valence-electron chi connectivity index (χ4n) is 11.0. The number of aromatic nitrogens is 5. The number of aliphatic hydroxyl groups is 1. The molecule has 17 nitrogen and oxygen atoms in total. The number of hydrogen-bond donors (Lipinski definition) is 3. The largest absolute Gasteiger partial charge is 0.482 e. The quantitative estimate of drug-likeness (QED) is 0.121. The molecule has 1 aliphatic carbocycles. The standard InChI is InChI=1S/C51H61N11O6/c1-8-44(64)56-38-23-34(9-10-40(38)60-18-17-58(27-31(60)3)35-13-16-59(30(2)21-35)41-12-15-53-48-45(41)67-29-32(4)68-48)55-46-49(66-7)54-26-39(57-46)36-11-14-52-47(37(36)28-63)62-20-19-61-42(50(62)65)22-33-24-51(5,6)25-43(33)61/h8-12,14-15,22-23,26,30-32,35,63H,1,13,16-21,24-25,27-29H2,2-7H3,(H,55,57)(H,56,64)/t30-,31+,32-,35?/m1/s1. The van der Waals surface area contributed by atoms with Crippen molar-refractivity contribution < 1.29 is 28.9 Å². The Bertz CT molecular complexity index is 2770. The van der Waals surface area contributed by atoms with E-state index >= 15 is 0 Å². The minimum absolute atomic E-state index is 0.0272. The molecular weight excluding hydrogens is 863 g/mol. The molecule has 5 aromatic rings. The third kappa shape index (κ3) is 8.35. The number of benzene rings is 1. The molecule has 10 rings (SSSR count). The van der Waals surface area contributed by atoms with E-state index in [2.05, 4.69) is 79.1 Å². The molecule has 3 N–H and O–H groups in total. The fourth-order valence-corrected chi connectivity index (χ4v) is 11.0. The van der Waals surface area contributed by atoms with Crippen LogP contribution in [-0.4, -0.2) is 117 Å². The third-order valence-corrected chi connectivity index (χ3v) is 14.3. The van der Waals surface area contributed by atoms with Gasteiger partial charge in [-0.05, 0) is 99.9 Å². The summed E-state index contributed by atoms with van der Waals surface area (Å²) >= 11 is 0. The predicted molar refractivity (Wildman–Crippen MR) is 262 cm³/mol. The van der Waals surface area contributed by atoms with Crippen molar-refractivity contribution in [3.05, 3.63) is 90.2 Å². The van der Waals surface area contributed by atoms with Crippen LogP contribution in [0.25, 0.3) is 11.3 Å². The van der Waals surface area contributed by atoms with Gasteiger partial charge in [-0.25, -0.2) is 19.9 Å². The van der Waals surface area contributed by atoms with Gasteiger partial charge in [-0.15, -0.1) is 0 Å². The molecule has 4 atom stereocenters. The van der Waals surface area contributed by atoms with Crippen molar-refractivity contribution in [2.45, 2.75) is 97.7 Å². The molecule has 0 spiro atoms. The smallest absolute Gasteiger partial charge is 0.276 e. The fraction of sp³-hybridized carbons (Fsp3) is 0.451. The summed E-state index contributed by atoms with van der Waals surface area (Å²) in [6, 6.07) is 12.6. The topological polar surface area (TPSA) is 176 Å². The van der Waals surface area contributed by atoms with Gasteiger partial charge in [-0.2, -0.15) is 0 Å². The highest BCUT2D eigenvalue weighted by atomic mass is 16.6. The number of hydrogen-bond acceptors (Lipinski definition) is 14. The Hall–Kier alpha value is -6.72.